The van der Waals surface area contributed by atoms with Gasteiger partial charge in [0, 0.05) is 16.8 Å². The lowest BCUT2D eigenvalue weighted by Crippen LogP contribution is -2.45. The minimum Gasteiger partial charge on any atom is -0.480 e. The Labute approximate surface area is 130 Å². The third kappa shape index (κ3) is 2.74. The van der Waals surface area contributed by atoms with E-state index in [1.807, 2.05) is 6.92 Å². The summed E-state index contributed by atoms with van der Waals surface area (Å²) in [6.45, 7) is 7.00. The summed E-state index contributed by atoms with van der Waals surface area (Å²) in [5.74, 6) is -2.16. The van der Waals surface area contributed by atoms with E-state index >= 15 is 0 Å². The van der Waals surface area contributed by atoms with E-state index in [0.717, 1.165) is 10.6 Å². The monoisotopic (exact) mass is 323 g/mol. The molecule has 0 saturated carbocycles. The number of carbonyl (C=O) groups is 2. The number of carboxylic acids is 1. The van der Waals surface area contributed by atoms with Gasteiger partial charge in [-0.25, -0.2) is 9.78 Å². The number of aliphatic carboxylic acids is 1. The van der Waals surface area contributed by atoms with Gasteiger partial charge in [0.2, 0.25) is 0 Å². The number of nitrogens with zero attached hydrogens (tertiary/aromatic N) is 2. The molecular formula is C14H17N3O4S. The first kappa shape index (κ1) is 16.2. The molecule has 2 N–H and O–H groups in total. The Kier molecular flexibility index (Phi) is 4.32. The number of thiazole rings is 1. The summed E-state index contributed by atoms with van der Waals surface area (Å²) < 4.78 is 1.38. The standard InChI is InChI=1S/C14H17N3O4S/c1-6(2)10(13(20)21)16-11(18)9-5-15-14-17(12(9)19)7(3)8(4)22-14/h5-6,10H,1-4H3,(H,16,18)(H,20,21). The highest BCUT2D eigenvalue weighted by Crippen LogP contribution is 2.18. The zero-order valence-electron chi connectivity index (χ0n) is 12.7. The SMILES string of the molecule is Cc1sc2ncc(C(=O)NC(C(=O)O)C(C)C)c(=O)n2c1C. The number of hydrogen-bond acceptors (Lipinski definition) is 5. The molecule has 22 heavy (non-hydrogen) atoms. The first-order valence-corrected chi connectivity index (χ1v) is 7.57. The van der Waals surface area contributed by atoms with Gasteiger partial charge in [0.25, 0.3) is 11.5 Å². The van der Waals surface area contributed by atoms with Crippen LogP contribution in [-0.2, 0) is 4.79 Å². The Bertz CT molecular complexity index is 806. The van der Waals surface area contributed by atoms with Crippen LogP contribution in [0.2, 0.25) is 0 Å². The molecule has 8 heteroatoms. The summed E-state index contributed by atoms with van der Waals surface area (Å²) in [7, 11) is 0. The van der Waals surface area contributed by atoms with Crippen molar-refractivity contribution >= 4 is 28.2 Å². The quantitative estimate of drug-likeness (QED) is 0.881. The number of hydrogen-bond donors (Lipinski definition) is 2. The van der Waals surface area contributed by atoms with Crippen LogP contribution in [0, 0.1) is 19.8 Å². The first-order chi connectivity index (χ1) is 10.2. The zero-order chi connectivity index (χ0) is 16.6. The third-order valence-corrected chi connectivity index (χ3v) is 4.55. The van der Waals surface area contributed by atoms with Crippen molar-refractivity contribution < 1.29 is 14.7 Å². The fourth-order valence-electron chi connectivity index (χ4n) is 2.06. The molecule has 0 radical (unpaired) electrons. The number of fused-ring (bicyclic) bond motifs is 1. The molecule has 7 nitrogen and oxygen atoms in total. The molecule has 0 saturated heterocycles. The molecule has 118 valence electrons. The van der Waals surface area contributed by atoms with Crippen LogP contribution in [0.4, 0.5) is 0 Å². The van der Waals surface area contributed by atoms with Crippen molar-refractivity contribution in [2.45, 2.75) is 33.7 Å². The Morgan fingerprint density at radius 2 is 2.00 bits per heavy atom. The van der Waals surface area contributed by atoms with Crippen molar-refractivity contribution in [3.63, 3.8) is 0 Å². The van der Waals surface area contributed by atoms with Crippen molar-refractivity contribution in [1.82, 2.24) is 14.7 Å². The Morgan fingerprint density at radius 1 is 1.36 bits per heavy atom. The van der Waals surface area contributed by atoms with Gasteiger partial charge in [0.15, 0.2) is 4.96 Å². The molecule has 2 aromatic rings. The number of nitrogens with one attached hydrogen (secondary N) is 1. The summed E-state index contributed by atoms with van der Waals surface area (Å²) in [5, 5.41) is 11.5. The largest absolute Gasteiger partial charge is 0.480 e. The van der Waals surface area contributed by atoms with Crippen molar-refractivity contribution in [1.29, 1.82) is 0 Å². The third-order valence-electron chi connectivity index (χ3n) is 3.48. The van der Waals surface area contributed by atoms with Crippen molar-refractivity contribution in [2.24, 2.45) is 5.92 Å². The molecule has 0 spiro atoms. The van der Waals surface area contributed by atoms with E-state index in [-0.39, 0.29) is 11.5 Å². The van der Waals surface area contributed by atoms with E-state index in [0.29, 0.717) is 4.96 Å². The summed E-state index contributed by atoms with van der Waals surface area (Å²) in [6, 6.07) is -1.06. The van der Waals surface area contributed by atoms with Crippen LogP contribution in [0.3, 0.4) is 0 Å². The van der Waals surface area contributed by atoms with Gasteiger partial charge in [-0.05, 0) is 19.8 Å². The highest BCUT2D eigenvalue weighted by atomic mass is 32.1. The van der Waals surface area contributed by atoms with E-state index in [9.17, 15) is 14.4 Å². The molecule has 0 bridgehead atoms. The van der Waals surface area contributed by atoms with Crippen LogP contribution >= 0.6 is 11.3 Å². The summed E-state index contributed by atoms with van der Waals surface area (Å²) in [5.41, 5.74) is 0.0772. The smallest absolute Gasteiger partial charge is 0.326 e. The van der Waals surface area contributed by atoms with Crippen LogP contribution in [-0.4, -0.2) is 32.4 Å². The lowest BCUT2D eigenvalue weighted by molar-refractivity contribution is -0.140. The molecule has 2 heterocycles. The van der Waals surface area contributed by atoms with Gasteiger partial charge in [-0.3, -0.25) is 14.0 Å². The number of carbonyl (C=O) groups excluding carboxylic acids is 1. The minimum atomic E-state index is -1.14. The van der Waals surface area contributed by atoms with Crippen molar-refractivity contribution in [3.8, 4) is 0 Å². The molecule has 1 atom stereocenters. The van der Waals surface area contributed by atoms with E-state index in [1.54, 1.807) is 20.8 Å². The van der Waals surface area contributed by atoms with Gasteiger partial charge < -0.3 is 10.4 Å². The molecular weight excluding hydrogens is 306 g/mol. The molecule has 0 fully saturated rings. The molecule has 2 aromatic heterocycles. The molecule has 0 aliphatic carbocycles. The maximum absolute atomic E-state index is 12.4. The fourth-order valence-corrected chi connectivity index (χ4v) is 2.99. The average Bonchev–Trinajstić information content (AvgIpc) is 2.71. The number of amides is 1. The van der Waals surface area contributed by atoms with E-state index in [1.165, 1.54) is 21.9 Å². The Hall–Kier alpha value is -2.22. The zero-order valence-corrected chi connectivity index (χ0v) is 13.5. The highest BCUT2D eigenvalue weighted by molar-refractivity contribution is 7.17. The van der Waals surface area contributed by atoms with Gasteiger partial charge in [0.1, 0.15) is 11.6 Å². The maximum Gasteiger partial charge on any atom is 0.326 e. The topological polar surface area (TPSA) is 101 Å². The Morgan fingerprint density at radius 3 is 2.55 bits per heavy atom. The fraction of sp³-hybridized carbons (Fsp3) is 0.429. The van der Waals surface area contributed by atoms with Crippen LogP contribution in [0.5, 0.6) is 0 Å². The predicted molar refractivity (Wildman–Crippen MR) is 82.5 cm³/mol. The molecule has 1 amide bonds. The second-order valence-corrected chi connectivity index (χ2v) is 6.55. The number of aromatic nitrogens is 2. The summed E-state index contributed by atoms with van der Waals surface area (Å²) in [6.07, 6.45) is 1.20. The normalized spacial score (nSPS) is 12.6. The number of rotatable bonds is 4. The summed E-state index contributed by atoms with van der Waals surface area (Å²) in [4.78, 5) is 41.4. The maximum atomic E-state index is 12.4. The predicted octanol–water partition coefficient (Wildman–Crippen LogP) is 1.21. The van der Waals surface area contributed by atoms with Gasteiger partial charge >= 0.3 is 5.97 Å². The van der Waals surface area contributed by atoms with Crippen molar-refractivity contribution in [2.75, 3.05) is 0 Å². The minimum absolute atomic E-state index is 0.162. The van der Waals surface area contributed by atoms with Crippen molar-refractivity contribution in [3.05, 3.63) is 32.7 Å². The molecule has 0 aliphatic rings. The lowest BCUT2D eigenvalue weighted by atomic mass is 10.0. The Balaban J connectivity index is 2.45. The van der Waals surface area contributed by atoms with Crippen LogP contribution in [0.15, 0.2) is 11.0 Å². The summed E-state index contributed by atoms with van der Waals surface area (Å²) >= 11 is 1.36. The average molecular weight is 323 g/mol. The number of carboxylic acid groups (broad SMARTS) is 1. The van der Waals surface area contributed by atoms with Gasteiger partial charge in [-0.15, -0.1) is 11.3 Å². The van der Waals surface area contributed by atoms with Crippen LogP contribution in [0.1, 0.15) is 34.8 Å². The number of aryl methyl sites for hydroxylation is 2. The lowest BCUT2D eigenvalue weighted by Gasteiger charge is -2.17. The van der Waals surface area contributed by atoms with E-state index in [2.05, 4.69) is 10.3 Å². The molecule has 0 aliphatic heterocycles. The highest BCUT2D eigenvalue weighted by Gasteiger charge is 2.26. The van der Waals surface area contributed by atoms with Gasteiger partial charge in [0.05, 0.1) is 0 Å². The molecule has 2 rings (SSSR count). The van der Waals surface area contributed by atoms with E-state index < -0.39 is 23.5 Å². The van der Waals surface area contributed by atoms with Gasteiger partial charge in [-0.2, -0.15) is 0 Å². The molecule has 1 unspecified atom stereocenters. The van der Waals surface area contributed by atoms with Crippen LogP contribution in [0.25, 0.3) is 4.96 Å². The first-order valence-electron chi connectivity index (χ1n) is 6.75. The van der Waals surface area contributed by atoms with E-state index in [4.69, 9.17) is 5.11 Å². The molecule has 0 aromatic carbocycles. The second kappa shape index (κ2) is 5.88. The van der Waals surface area contributed by atoms with Gasteiger partial charge in [-0.1, -0.05) is 13.8 Å². The second-order valence-electron chi connectivity index (χ2n) is 5.37. The van der Waals surface area contributed by atoms with Crippen LogP contribution < -0.4 is 10.9 Å².